The zero-order valence-electron chi connectivity index (χ0n) is 14.9. The van der Waals surface area contributed by atoms with Crippen LogP contribution in [0.4, 0.5) is 0 Å². The van der Waals surface area contributed by atoms with Crippen molar-refractivity contribution in [2.45, 2.75) is 78.2 Å². The van der Waals surface area contributed by atoms with Gasteiger partial charge < -0.3 is 15.3 Å². The van der Waals surface area contributed by atoms with Crippen LogP contribution in [0.5, 0.6) is 0 Å². The smallest absolute Gasteiger partial charge is 0.0558 e. The summed E-state index contributed by atoms with van der Waals surface area (Å²) in [5, 5.41) is 13.1. The van der Waals surface area contributed by atoms with E-state index in [2.05, 4.69) is 37.9 Å². The van der Waals surface area contributed by atoms with Gasteiger partial charge in [0, 0.05) is 25.2 Å². The molecule has 1 aliphatic carbocycles. The van der Waals surface area contributed by atoms with Gasteiger partial charge in [0.25, 0.3) is 0 Å². The molecule has 0 heterocycles. The van der Waals surface area contributed by atoms with Crippen molar-refractivity contribution >= 4 is 0 Å². The fourth-order valence-corrected chi connectivity index (χ4v) is 3.41. The number of nitrogens with zero attached hydrogens (tertiary/aromatic N) is 1. The Labute approximate surface area is 132 Å². The third kappa shape index (κ3) is 7.62. The number of unbranched alkanes of at least 4 members (excludes halogenated alkanes) is 1. The molecule has 1 rings (SSSR count). The van der Waals surface area contributed by atoms with Crippen molar-refractivity contribution in [3.05, 3.63) is 0 Å². The highest BCUT2D eigenvalue weighted by Gasteiger charge is 2.34. The monoisotopic (exact) mass is 298 g/mol. The van der Waals surface area contributed by atoms with Gasteiger partial charge in [0.1, 0.15) is 0 Å². The third-order valence-electron chi connectivity index (χ3n) is 4.71. The first kappa shape index (κ1) is 18.9. The van der Waals surface area contributed by atoms with Gasteiger partial charge in [-0.05, 0) is 52.0 Å². The van der Waals surface area contributed by atoms with E-state index in [0.717, 1.165) is 26.2 Å². The lowest BCUT2D eigenvalue weighted by Crippen LogP contribution is -2.50. The van der Waals surface area contributed by atoms with E-state index in [0.29, 0.717) is 5.41 Å². The first-order valence-electron chi connectivity index (χ1n) is 8.99. The molecule has 3 nitrogen and oxygen atoms in total. The average molecular weight is 299 g/mol. The van der Waals surface area contributed by atoms with E-state index in [-0.39, 0.29) is 12.1 Å². The summed E-state index contributed by atoms with van der Waals surface area (Å²) in [6.45, 7) is 13.5. The Morgan fingerprint density at radius 1 is 1.10 bits per heavy atom. The highest BCUT2D eigenvalue weighted by Crippen LogP contribution is 2.37. The quantitative estimate of drug-likeness (QED) is 0.684. The lowest BCUT2D eigenvalue weighted by Gasteiger charge is -2.43. The van der Waals surface area contributed by atoms with Crippen LogP contribution in [-0.2, 0) is 0 Å². The maximum atomic E-state index is 9.35. The number of aliphatic hydroxyl groups is 1. The number of rotatable bonds is 9. The third-order valence-corrected chi connectivity index (χ3v) is 4.71. The van der Waals surface area contributed by atoms with Crippen molar-refractivity contribution in [3.8, 4) is 0 Å². The molecule has 0 atom stereocenters. The van der Waals surface area contributed by atoms with Crippen LogP contribution in [0.25, 0.3) is 0 Å². The minimum atomic E-state index is 0.190. The SMILES string of the molecule is CCCCN(CCO)CC1(CNC(C)(C)C)CCCCC1. The summed E-state index contributed by atoms with van der Waals surface area (Å²) in [4.78, 5) is 2.50. The van der Waals surface area contributed by atoms with Gasteiger partial charge >= 0.3 is 0 Å². The molecule has 0 aromatic rings. The van der Waals surface area contributed by atoms with E-state index < -0.39 is 0 Å². The molecule has 1 aliphatic rings. The van der Waals surface area contributed by atoms with Gasteiger partial charge in [-0.1, -0.05) is 32.6 Å². The number of hydrogen-bond acceptors (Lipinski definition) is 3. The van der Waals surface area contributed by atoms with Gasteiger partial charge in [-0.15, -0.1) is 0 Å². The molecular formula is C18H38N2O. The van der Waals surface area contributed by atoms with Crippen molar-refractivity contribution in [2.75, 3.05) is 32.8 Å². The second-order valence-corrected chi connectivity index (χ2v) is 8.02. The molecule has 2 N–H and O–H groups in total. The number of hydrogen-bond donors (Lipinski definition) is 2. The molecule has 0 aromatic heterocycles. The second-order valence-electron chi connectivity index (χ2n) is 8.02. The molecule has 0 saturated heterocycles. The summed E-state index contributed by atoms with van der Waals surface area (Å²) < 4.78 is 0. The largest absolute Gasteiger partial charge is 0.395 e. The number of aliphatic hydroxyl groups excluding tert-OH is 1. The maximum Gasteiger partial charge on any atom is 0.0558 e. The van der Waals surface area contributed by atoms with Crippen LogP contribution in [0.15, 0.2) is 0 Å². The molecule has 0 aromatic carbocycles. The molecule has 0 aliphatic heterocycles. The van der Waals surface area contributed by atoms with Gasteiger partial charge in [-0.25, -0.2) is 0 Å². The lowest BCUT2D eigenvalue weighted by molar-refractivity contribution is 0.0820. The predicted molar refractivity (Wildman–Crippen MR) is 91.7 cm³/mol. The zero-order chi connectivity index (χ0) is 15.8. The Hall–Kier alpha value is -0.120. The first-order valence-corrected chi connectivity index (χ1v) is 8.99. The zero-order valence-corrected chi connectivity index (χ0v) is 14.9. The van der Waals surface area contributed by atoms with Crippen LogP contribution >= 0.6 is 0 Å². The van der Waals surface area contributed by atoms with Crippen LogP contribution in [0.2, 0.25) is 0 Å². The van der Waals surface area contributed by atoms with Gasteiger partial charge in [-0.2, -0.15) is 0 Å². The average Bonchev–Trinajstić information content (AvgIpc) is 2.43. The summed E-state index contributed by atoms with van der Waals surface area (Å²) in [5.41, 5.74) is 0.601. The Bertz CT molecular complexity index is 267. The Morgan fingerprint density at radius 3 is 2.29 bits per heavy atom. The van der Waals surface area contributed by atoms with Crippen LogP contribution in [-0.4, -0.2) is 48.3 Å². The van der Waals surface area contributed by atoms with Gasteiger partial charge in [0.2, 0.25) is 0 Å². The fraction of sp³-hybridized carbons (Fsp3) is 1.00. The summed E-state index contributed by atoms with van der Waals surface area (Å²) in [6.07, 6.45) is 9.28. The van der Waals surface area contributed by atoms with Gasteiger partial charge in [0.15, 0.2) is 0 Å². The molecule has 0 unspecified atom stereocenters. The highest BCUT2D eigenvalue weighted by molar-refractivity contribution is 4.90. The summed E-state index contributed by atoms with van der Waals surface area (Å²) in [6, 6.07) is 0. The fourth-order valence-electron chi connectivity index (χ4n) is 3.41. The molecule has 1 fully saturated rings. The van der Waals surface area contributed by atoms with Crippen LogP contribution in [0.1, 0.15) is 72.6 Å². The number of nitrogens with one attached hydrogen (secondary N) is 1. The maximum absolute atomic E-state index is 9.35. The minimum absolute atomic E-state index is 0.190. The van der Waals surface area contributed by atoms with Crippen molar-refractivity contribution in [2.24, 2.45) is 5.41 Å². The van der Waals surface area contributed by atoms with Crippen molar-refractivity contribution in [1.29, 1.82) is 0 Å². The Kier molecular flexibility index (Phi) is 8.22. The normalized spacial score (nSPS) is 19.1. The van der Waals surface area contributed by atoms with Gasteiger partial charge in [-0.3, -0.25) is 0 Å². The second kappa shape index (κ2) is 9.12. The predicted octanol–water partition coefficient (Wildman–Crippen LogP) is 3.42. The summed E-state index contributed by atoms with van der Waals surface area (Å²) in [7, 11) is 0. The minimum Gasteiger partial charge on any atom is -0.395 e. The molecule has 0 bridgehead atoms. The Morgan fingerprint density at radius 2 is 1.76 bits per heavy atom. The summed E-state index contributed by atoms with van der Waals surface area (Å²) >= 11 is 0. The molecule has 0 spiro atoms. The van der Waals surface area contributed by atoms with Gasteiger partial charge in [0.05, 0.1) is 6.61 Å². The van der Waals surface area contributed by atoms with E-state index in [1.165, 1.54) is 44.9 Å². The summed E-state index contributed by atoms with van der Waals surface area (Å²) in [5.74, 6) is 0. The molecule has 21 heavy (non-hydrogen) atoms. The standard InChI is InChI=1S/C18H38N2O/c1-5-6-12-20(13-14-21)16-18(10-8-7-9-11-18)15-19-17(2,3)4/h19,21H,5-16H2,1-4H3. The van der Waals surface area contributed by atoms with Crippen molar-refractivity contribution in [1.82, 2.24) is 10.2 Å². The van der Waals surface area contributed by atoms with Crippen LogP contribution in [0, 0.1) is 5.41 Å². The van der Waals surface area contributed by atoms with E-state index in [9.17, 15) is 5.11 Å². The van der Waals surface area contributed by atoms with Crippen LogP contribution < -0.4 is 5.32 Å². The Balaban J connectivity index is 2.65. The topological polar surface area (TPSA) is 35.5 Å². The van der Waals surface area contributed by atoms with E-state index in [4.69, 9.17) is 0 Å². The highest BCUT2D eigenvalue weighted by atomic mass is 16.3. The molecule has 126 valence electrons. The van der Waals surface area contributed by atoms with Crippen LogP contribution in [0.3, 0.4) is 0 Å². The molecule has 3 heteroatoms. The molecular weight excluding hydrogens is 260 g/mol. The van der Waals surface area contributed by atoms with Crippen molar-refractivity contribution < 1.29 is 5.11 Å². The van der Waals surface area contributed by atoms with E-state index >= 15 is 0 Å². The van der Waals surface area contributed by atoms with E-state index in [1.54, 1.807) is 0 Å². The molecule has 1 saturated carbocycles. The first-order chi connectivity index (χ1) is 9.91. The molecule has 0 radical (unpaired) electrons. The molecule has 0 amide bonds. The lowest BCUT2D eigenvalue weighted by atomic mass is 9.73. The van der Waals surface area contributed by atoms with E-state index in [1.807, 2.05) is 0 Å². The van der Waals surface area contributed by atoms with Crippen molar-refractivity contribution in [3.63, 3.8) is 0 Å².